The molecule has 1 atom stereocenters. The Labute approximate surface area is 224 Å². The molecule has 2 heterocycles. The molecule has 9 heteroatoms. The fourth-order valence-corrected chi connectivity index (χ4v) is 4.68. The van der Waals surface area contributed by atoms with Crippen molar-refractivity contribution in [3.63, 3.8) is 0 Å². The number of halogens is 3. The smallest absolute Gasteiger partial charge is 0.257 e. The van der Waals surface area contributed by atoms with E-state index in [2.05, 4.69) is 0 Å². The Morgan fingerprint density at radius 3 is 2.51 bits per heavy atom. The summed E-state index contributed by atoms with van der Waals surface area (Å²) in [5, 5.41) is 4.73. The summed E-state index contributed by atoms with van der Waals surface area (Å²) in [5.41, 5.74) is 1.75. The van der Waals surface area contributed by atoms with Gasteiger partial charge in [0.15, 0.2) is 11.6 Å². The summed E-state index contributed by atoms with van der Waals surface area (Å²) in [5.74, 6) is -2.74. The first-order valence-corrected chi connectivity index (χ1v) is 12.9. The highest BCUT2D eigenvalue weighted by atomic mass is 19.1. The third-order valence-corrected chi connectivity index (χ3v) is 6.64. The van der Waals surface area contributed by atoms with Gasteiger partial charge in [-0.2, -0.15) is 5.10 Å². The van der Waals surface area contributed by atoms with E-state index in [9.17, 15) is 18.0 Å². The van der Waals surface area contributed by atoms with Crippen molar-refractivity contribution in [2.24, 2.45) is 0 Å². The highest BCUT2D eigenvalue weighted by Crippen LogP contribution is 2.34. The predicted octanol–water partition coefficient (Wildman–Crippen LogP) is 6.47. The second kappa shape index (κ2) is 11.7. The minimum Gasteiger partial charge on any atom is -0.435 e. The number of hydrogen-bond donors (Lipinski definition) is 0. The van der Waals surface area contributed by atoms with Crippen LogP contribution in [0.3, 0.4) is 0 Å². The quantitative estimate of drug-likeness (QED) is 0.247. The summed E-state index contributed by atoms with van der Waals surface area (Å²) in [6.07, 6.45) is 1.93. The maximum absolute atomic E-state index is 14.7. The summed E-state index contributed by atoms with van der Waals surface area (Å²) in [6.45, 7) is 2.75. The van der Waals surface area contributed by atoms with E-state index in [0.717, 1.165) is 25.0 Å². The number of ether oxygens (including phenoxy) is 2. The summed E-state index contributed by atoms with van der Waals surface area (Å²) >= 11 is 0. The van der Waals surface area contributed by atoms with Crippen molar-refractivity contribution in [3.05, 3.63) is 107 Å². The largest absolute Gasteiger partial charge is 0.435 e. The van der Waals surface area contributed by atoms with Crippen molar-refractivity contribution in [2.45, 2.75) is 38.8 Å². The first kappa shape index (κ1) is 26.5. The minimum atomic E-state index is -0.876. The highest BCUT2D eigenvalue weighted by Gasteiger charge is 2.29. The molecule has 1 aromatic heterocycles. The van der Waals surface area contributed by atoms with Gasteiger partial charge in [-0.15, -0.1) is 0 Å². The third-order valence-electron chi connectivity index (χ3n) is 6.64. The van der Waals surface area contributed by atoms with Gasteiger partial charge < -0.3 is 14.4 Å². The third kappa shape index (κ3) is 5.83. The van der Waals surface area contributed by atoms with Crippen molar-refractivity contribution in [2.75, 3.05) is 13.2 Å². The van der Waals surface area contributed by atoms with Crippen molar-refractivity contribution in [1.29, 1.82) is 0 Å². The van der Waals surface area contributed by atoms with Crippen LogP contribution in [0.2, 0.25) is 0 Å². The van der Waals surface area contributed by atoms with Crippen LogP contribution in [0.1, 0.15) is 41.4 Å². The van der Waals surface area contributed by atoms with Gasteiger partial charge >= 0.3 is 0 Å². The van der Waals surface area contributed by atoms with Gasteiger partial charge in [-0.05, 0) is 55.7 Å². The number of benzene rings is 3. The molecule has 4 aromatic rings. The van der Waals surface area contributed by atoms with Crippen LogP contribution in [0.15, 0.2) is 72.8 Å². The standard InChI is InChI=1S/C30H28F3N3O3/c1-2-27-24(19-35(18-22-11-8-16-38-22)29(37)23-12-6-7-13-25(23)32)30(36(34-27)21-9-4-3-5-10-21)39-28-15-14-20(31)17-26(28)33/h3-7,9-10,12-15,17,22H,2,8,11,16,18-19H2,1H3/t22-/m0/s1. The fraction of sp³-hybridized carbons (Fsp3) is 0.267. The average molecular weight is 536 g/mol. The zero-order valence-corrected chi connectivity index (χ0v) is 21.4. The minimum absolute atomic E-state index is 0.0151. The molecule has 1 fully saturated rings. The Kier molecular flexibility index (Phi) is 7.97. The number of nitrogens with zero attached hydrogens (tertiary/aromatic N) is 3. The van der Waals surface area contributed by atoms with Gasteiger partial charge in [0, 0.05) is 19.2 Å². The van der Waals surface area contributed by atoms with E-state index >= 15 is 0 Å². The number of rotatable bonds is 9. The molecule has 6 nitrogen and oxygen atoms in total. The lowest BCUT2D eigenvalue weighted by Crippen LogP contribution is -2.37. The molecular weight excluding hydrogens is 507 g/mol. The van der Waals surface area contributed by atoms with Crippen LogP contribution >= 0.6 is 0 Å². The molecule has 0 N–H and O–H groups in total. The Morgan fingerprint density at radius 2 is 1.82 bits per heavy atom. The SMILES string of the molecule is CCc1nn(-c2ccccc2)c(Oc2ccc(F)cc2F)c1CN(C[C@@H]1CCCO1)C(=O)c1ccccc1F. The molecule has 5 rings (SSSR count). The van der Waals surface area contributed by atoms with E-state index in [-0.39, 0.29) is 36.4 Å². The van der Waals surface area contributed by atoms with E-state index < -0.39 is 23.4 Å². The Bertz CT molecular complexity index is 1450. The van der Waals surface area contributed by atoms with Gasteiger partial charge in [0.25, 0.3) is 5.91 Å². The number of amides is 1. The van der Waals surface area contributed by atoms with Crippen LogP contribution in [0.4, 0.5) is 13.2 Å². The Balaban J connectivity index is 1.60. The lowest BCUT2D eigenvalue weighted by molar-refractivity contribution is 0.0502. The van der Waals surface area contributed by atoms with Crippen LogP contribution in [0.5, 0.6) is 11.6 Å². The monoisotopic (exact) mass is 535 g/mol. The molecule has 39 heavy (non-hydrogen) atoms. The number of carbonyl (C=O) groups excluding carboxylic acids is 1. The zero-order valence-electron chi connectivity index (χ0n) is 21.4. The number of carbonyl (C=O) groups is 1. The van der Waals surface area contributed by atoms with Crippen molar-refractivity contribution in [3.8, 4) is 17.3 Å². The molecule has 1 aliphatic rings. The van der Waals surface area contributed by atoms with Gasteiger partial charge in [-0.3, -0.25) is 4.79 Å². The predicted molar refractivity (Wildman–Crippen MR) is 139 cm³/mol. The van der Waals surface area contributed by atoms with E-state index in [1.807, 2.05) is 37.3 Å². The molecule has 3 aromatic carbocycles. The van der Waals surface area contributed by atoms with Gasteiger partial charge in [0.2, 0.25) is 5.88 Å². The van der Waals surface area contributed by atoms with Crippen LogP contribution < -0.4 is 4.74 Å². The van der Waals surface area contributed by atoms with Crippen molar-refractivity contribution < 1.29 is 27.4 Å². The number of hydrogen-bond acceptors (Lipinski definition) is 4. The summed E-state index contributed by atoms with van der Waals surface area (Å²) < 4.78 is 56.4. The van der Waals surface area contributed by atoms with Gasteiger partial charge in [-0.1, -0.05) is 37.3 Å². The molecule has 0 aliphatic carbocycles. The van der Waals surface area contributed by atoms with E-state index in [1.54, 1.807) is 6.07 Å². The van der Waals surface area contributed by atoms with Crippen molar-refractivity contribution in [1.82, 2.24) is 14.7 Å². The van der Waals surface area contributed by atoms with Crippen LogP contribution in [0, 0.1) is 17.5 Å². The molecule has 0 saturated carbocycles. The maximum atomic E-state index is 14.7. The molecule has 1 amide bonds. The molecule has 0 bridgehead atoms. The maximum Gasteiger partial charge on any atom is 0.257 e. The summed E-state index contributed by atoms with van der Waals surface area (Å²) in [7, 11) is 0. The number of para-hydroxylation sites is 1. The normalized spacial score (nSPS) is 14.9. The van der Waals surface area contributed by atoms with Gasteiger partial charge in [-0.25, -0.2) is 17.9 Å². The van der Waals surface area contributed by atoms with Crippen LogP contribution in [-0.2, 0) is 17.7 Å². The van der Waals surface area contributed by atoms with Crippen molar-refractivity contribution >= 4 is 5.91 Å². The molecular formula is C30H28F3N3O3. The molecule has 1 aliphatic heterocycles. The average Bonchev–Trinajstić information content (AvgIpc) is 3.58. The second-order valence-electron chi connectivity index (χ2n) is 9.31. The second-order valence-corrected chi connectivity index (χ2v) is 9.31. The number of aromatic nitrogens is 2. The lowest BCUT2D eigenvalue weighted by atomic mass is 10.1. The summed E-state index contributed by atoms with van der Waals surface area (Å²) in [6, 6.07) is 18.0. The Hall–Kier alpha value is -4.11. The Morgan fingerprint density at radius 1 is 1.05 bits per heavy atom. The number of aryl methyl sites for hydroxylation is 1. The zero-order chi connectivity index (χ0) is 27.4. The van der Waals surface area contributed by atoms with Gasteiger partial charge in [0.05, 0.1) is 35.2 Å². The topological polar surface area (TPSA) is 56.6 Å². The molecule has 0 radical (unpaired) electrons. The molecule has 202 valence electrons. The van der Waals surface area contributed by atoms with E-state index in [0.29, 0.717) is 30.0 Å². The molecule has 0 spiro atoms. The molecule has 0 unspecified atom stereocenters. The highest BCUT2D eigenvalue weighted by molar-refractivity contribution is 5.94. The van der Waals surface area contributed by atoms with Crippen LogP contribution in [-0.4, -0.2) is 39.8 Å². The van der Waals surface area contributed by atoms with Crippen LogP contribution in [0.25, 0.3) is 5.69 Å². The fourth-order valence-electron chi connectivity index (χ4n) is 4.68. The molecule has 1 saturated heterocycles. The van der Waals surface area contributed by atoms with E-state index in [4.69, 9.17) is 14.6 Å². The first-order chi connectivity index (χ1) is 18.9. The first-order valence-electron chi connectivity index (χ1n) is 12.9. The lowest BCUT2D eigenvalue weighted by Gasteiger charge is -2.26. The summed E-state index contributed by atoms with van der Waals surface area (Å²) in [4.78, 5) is 15.2. The van der Waals surface area contributed by atoms with E-state index in [1.165, 1.54) is 33.8 Å². The van der Waals surface area contributed by atoms with Gasteiger partial charge in [0.1, 0.15) is 11.6 Å².